The molecule has 2 aromatic heterocycles. The molecule has 5 nitrogen and oxygen atoms in total. The van der Waals surface area contributed by atoms with Crippen molar-refractivity contribution in [2.75, 3.05) is 18.2 Å². The fourth-order valence-corrected chi connectivity index (χ4v) is 4.68. The third kappa shape index (κ3) is 7.32. The highest BCUT2D eigenvalue weighted by molar-refractivity contribution is 7.99. The van der Waals surface area contributed by atoms with Gasteiger partial charge in [0.15, 0.2) is 24.1 Å². The average Bonchev–Trinajstić information content (AvgIpc) is 3.29. The van der Waals surface area contributed by atoms with E-state index in [0.29, 0.717) is 17.3 Å². The van der Waals surface area contributed by atoms with Gasteiger partial charge >= 0.3 is 0 Å². The summed E-state index contributed by atoms with van der Waals surface area (Å²) in [7, 11) is 1.64. The molecule has 0 unspecified atom stereocenters. The normalized spacial score (nSPS) is 10.3. The summed E-state index contributed by atoms with van der Waals surface area (Å²) in [5.74, 6) is 1.49. The van der Waals surface area contributed by atoms with E-state index in [0.717, 1.165) is 28.4 Å². The van der Waals surface area contributed by atoms with E-state index in [1.54, 1.807) is 18.9 Å². The highest BCUT2D eigenvalue weighted by Gasteiger charge is 2.09. The summed E-state index contributed by atoms with van der Waals surface area (Å²) in [6, 6.07) is 22.3. The number of carbonyl (C=O) groups is 1. The summed E-state index contributed by atoms with van der Waals surface area (Å²) in [5, 5.41) is 5.47. The van der Waals surface area contributed by atoms with Crippen molar-refractivity contribution in [3.05, 3.63) is 90.1 Å². The van der Waals surface area contributed by atoms with Crippen LogP contribution in [0.25, 0.3) is 11.3 Å². The molecule has 0 bridgehead atoms. The molecular weight excluding hydrogens is 474 g/mol. The van der Waals surface area contributed by atoms with Crippen LogP contribution in [0.3, 0.4) is 0 Å². The molecule has 0 spiro atoms. The first kappa shape index (κ1) is 24.8. The molecule has 0 radical (unpaired) electrons. The van der Waals surface area contributed by atoms with Crippen LogP contribution in [0.1, 0.15) is 12.0 Å². The van der Waals surface area contributed by atoms with Crippen molar-refractivity contribution in [1.82, 2.24) is 4.98 Å². The third-order valence-corrected chi connectivity index (χ3v) is 6.57. The smallest absolute Gasteiger partial charge is 0.226 e. The molecule has 0 aliphatic rings. The first-order valence-corrected chi connectivity index (χ1v) is 12.1. The van der Waals surface area contributed by atoms with Gasteiger partial charge in [0.25, 0.3) is 0 Å². The van der Waals surface area contributed by atoms with Gasteiger partial charge in [0, 0.05) is 45.7 Å². The van der Waals surface area contributed by atoms with Crippen LogP contribution in [0.2, 0.25) is 0 Å². The maximum Gasteiger partial charge on any atom is 0.226 e. The predicted molar refractivity (Wildman–Crippen MR) is 130 cm³/mol. The second-order valence-corrected chi connectivity index (χ2v) is 9.13. The van der Waals surface area contributed by atoms with Crippen LogP contribution < -0.4 is 27.0 Å². The van der Waals surface area contributed by atoms with Crippen LogP contribution >= 0.6 is 23.1 Å². The zero-order valence-corrected chi connectivity index (χ0v) is 20.5. The number of anilines is 1. The van der Waals surface area contributed by atoms with E-state index in [1.807, 2.05) is 35.7 Å². The molecule has 1 N–H and O–H groups in total. The van der Waals surface area contributed by atoms with Crippen molar-refractivity contribution in [3.63, 3.8) is 0 Å². The lowest BCUT2D eigenvalue weighted by Crippen LogP contribution is -3.00. The number of hydrogen-bond donors (Lipinski definition) is 1. The molecule has 0 atom stereocenters. The van der Waals surface area contributed by atoms with Gasteiger partial charge in [-0.15, -0.1) is 23.1 Å². The monoisotopic (exact) mass is 497 g/mol. The van der Waals surface area contributed by atoms with Crippen molar-refractivity contribution in [3.8, 4) is 17.0 Å². The maximum atomic E-state index is 12.3. The maximum absolute atomic E-state index is 12.3. The van der Waals surface area contributed by atoms with E-state index >= 15 is 0 Å². The topological polar surface area (TPSA) is 55.1 Å². The van der Waals surface area contributed by atoms with Crippen molar-refractivity contribution in [2.45, 2.75) is 17.9 Å². The molecule has 0 fully saturated rings. The van der Waals surface area contributed by atoms with Gasteiger partial charge < -0.3 is 22.5 Å². The minimum absolute atomic E-state index is 0. The van der Waals surface area contributed by atoms with Gasteiger partial charge in [-0.1, -0.05) is 30.3 Å². The summed E-state index contributed by atoms with van der Waals surface area (Å²) in [4.78, 5) is 18.0. The van der Waals surface area contributed by atoms with Gasteiger partial charge in [-0.3, -0.25) is 4.79 Å². The summed E-state index contributed by atoms with van der Waals surface area (Å²) in [6.45, 7) is 0.848. The SMILES string of the molecule is COc1ccc(-c2csc(NC(=O)CCSc3cc[n+](Cc4ccccc4)cc3)n2)cc1.[Cl-]. The largest absolute Gasteiger partial charge is 1.00 e. The van der Waals surface area contributed by atoms with Crippen molar-refractivity contribution < 1.29 is 26.5 Å². The van der Waals surface area contributed by atoms with E-state index in [2.05, 4.69) is 63.7 Å². The summed E-state index contributed by atoms with van der Waals surface area (Å²) >= 11 is 3.11. The molecule has 8 heteroatoms. The summed E-state index contributed by atoms with van der Waals surface area (Å²) in [6.07, 6.45) is 4.58. The number of pyridine rings is 1. The Kier molecular flexibility index (Phi) is 9.30. The highest BCUT2D eigenvalue weighted by Crippen LogP contribution is 2.26. The lowest BCUT2D eigenvalue weighted by molar-refractivity contribution is -0.688. The molecule has 2 aromatic carbocycles. The fraction of sp³-hybridized carbons (Fsp3) is 0.160. The second-order valence-electron chi connectivity index (χ2n) is 7.10. The van der Waals surface area contributed by atoms with E-state index < -0.39 is 0 Å². The number of nitrogens with one attached hydrogen (secondary N) is 1. The lowest BCUT2D eigenvalue weighted by atomic mass is 10.2. The van der Waals surface area contributed by atoms with Crippen LogP contribution in [-0.4, -0.2) is 23.8 Å². The van der Waals surface area contributed by atoms with Gasteiger partial charge in [0.1, 0.15) is 5.75 Å². The average molecular weight is 498 g/mol. The Morgan fingerprint density at radius 1 is 1.06 bits per heavy atom. The number of ether oxygens (including phenoxy) is 1. The molecule has 170 valence electrons. The molecular formula is C25H24ClN3O2S2. The first-order chi connectivity index (χ1) is 15.7. The number of rotatable bonds is 9. The second kappa shape index (κ2) is 12.4. The Morgan fingerprint density at radius 3 is 2.48 bits per heavy atom. The first-order valence-electron chi connectivity index (χ1n) is 10.3. The number of thiazole rings is 1. The number of hydrogen-bond acceptors (Lipinski definition) is 5. The molecule has 0 saturated heterocycles. The highest BCUT2D eigenvalue weighted by atomic mass is 35.5. The molecule has 0 aliphatic carbocycles. The minimum atomic E-state index is -0.0248. The van der Waals surface area contributed by atoms with Crippen LogP contribution in [0.5, 0.6) is 5.75 Å². The third-order valence-electron chi connectivity index (χ3n) is 4.80. The van der Waals surface area contributed by atoms with E-state index in [-0.39, 0.29) is 18.3 Å². The zero-order chi connectivity index (χ0) is 22.2. The fourth-order valence-electron chi connectivity index (χ4n) is 3.11. The molecule has 0 saturated carbocycles. The number of aromatic nitrogens is 2. The quantitative estimate of drug-likeness (QED) is 0.285. The molecule has 33 heavy (non-hydrogen) atoms. The number of benzene rings is 2. The van der Waals surface area contributed by atoms with Crippen molar-refractivity contribution in [1.29, 1.82) is 0 Å². The number of carbonyl (C=O) groups excluding carboxylic acids is 1. The van der Waals surface area contributed by atoms with Crippen LogP contribution in [-0.2, 0) is 11.3 Å². The number of nitrogens with zero attached hydrogens (tertiary/aromatic N) is 2. The van der Waals surface area contributed by atoms with Gasteiger partial charge in [-0.2, -0.15) is 0 Å². The number of methoxy groups -OCH3 is 1. The van der Waals surface area contributed by atoms with Crippen LogP contribution in [0.15, 0.2) is 89.4 Å². The van der Waals surface area contributed by atoms with E-state index in [1.165, 1.54) is 16.9 Å². The lowest BCUT2D eigenvalue weighted by Gasteiger charge is -2.03. The van der Waals surface area contributed by atoms with Crippen molar-refractivity contribution >= 4 is 34.1 Å². The number of thioether (sulfide) groups is 1. The Hall–Kier alpha value is -2.87. The van der Waals surface area contributed by atoms with Crippen LogP contribution in [0, 0.1) is 0 Å². The summed E-state index contributed by atoms with van der Waals surface area (Å²) < 4.78 is 7.33. The van der Waals surface area contributed by atoms with Gasteiger partial charge in [-0.05, 0) is 24.3 Å². The van der Waals surface area contributed by atoms with Gasteiger partial charge in [-0.25, -0.2) is 9.55 Å². The molecule has 2 heterocycles. The number of amides is 1. The minimum Gasteiger partial charge on any atom is -1.00 e. The zero-order valence-electron chi connectivity index (χ0n) is 18.1. The summed E-state index contributed by atoms with van der Waals surface area (Å²) in [5.41, 5.74) is 3.11. The van der Waals surface area contributed by atoms with Crippen LogP contribution in [0.4, 0.5) is 5.13 Å². The molecule has 0 aliphatic heterocycles. The number of halogens is 1. The van der Waals surface area contributed by atoms with Gasteiger partial charge in [0.2, 0.25) is 5.91 Å². The van der Waals surface area contributed by atoms with E-state index in [9.17, 15) is 4.79 Å². The molecule has 4 rings (SSSR count). The Morgan fingerprint density at radius 2 is 1.79 bits per heavy atom. The van der Waals surface area contributed by atoms with Gasteiger partial charge in [0.05, 0.1) is 12.8 Å². The van der Waals surface area contributed by atoms with E-state index in [4.69, 9.17) is 4.74 Å². The predicted octanol–water partition coefficient (Wildman–Crippen LogP) is 2.28. The Bertz CT molecular complexity index is 1150. The molecule has 4 aromatic rings. The van der Waals surface area contributed by atoms with Crippen molar-refractivity contribution in [2.24, 2.45) is 0 Å². The molecule has 1 amide bonds. The Balaban J connectivity index is 0.00000306. The Labute approximate surface area is 208 Å². The standard InChI is InChI=1S/C25H23N3O2S2.ClH/c1-30-21-9-7-20(8-10-21)23-18-32-25(26-23)27-24(29)13-16-31-22-11-14-28(15-12-22)17-19-5-3-2-4-6-19;/h2-12,14-15,18H,13,16-17H2,1H3;1H.